The molecule has 0 fully saturated rings. The molecule has 0 aliphatic heterocycles. The van der Waals surface area contributed by atoms with E-state index in [-0.39, 0.29) is 26.4 Å². The molecular formula is C32H40N2O10S. The van der Waals surface area contributed by atoms with E-state index in [1.54, 1.807) is 7.05 Å². The molecule has 1 aliphatic carbocycles. The second-order valence-corrected chi connectivity index (χ2v) is 12.9. The summed E-state index contributed by atoms with van der Waals surface area (Å²) < 4.78 is 55.3. The van der Waals surface area contributed by atoms with Crippen molar-refractivity contribution in [3.63, 3.8) is 0 Å². The Kier molecular flexibility index (Phi) is 12.1. The molecule has 0 aromatic heterocycles. The second-order valence-electron chi connectivity index (χ2n) is 11.3. The van der Waals surface area contributed by atoms with Gasteiger partial charge >= 0.3 is 6.09 Å². The highest BCUT2D eigenvalue weighted by atomic mass is 32.2. The van der Waals surface area contributed by atoms with Gasteiger partial charge in [-0.25, -0.2) is 4.79 Å². The molecule has 1 N–H and O–H groups in total. The predicted octanol–water partition coefficient (Wildman–Crippen LogP) is 5.43. The first-order valence-corrected chi connectivity index (χ1v) is 15.8. The van der Waals surface area contributed by atoms with E-state index in [0.29, 0.717) is 5.75 Å². The van der Waals surface area contributed by atoms with Crippen LogP contribution in [0.1, 0.15) is 38.8 Å². The fourth-order valence-corrected chi connectivity index (χ4v) is 5.61. The molecule has 0 saturated heterocycles. The van der Waals surface area contributed by atoms with Gasteiger partial charge in [0.25, 0.3) is 15.7 Å². The summed E-state index contributed by atoms with van der Waals surface area (Å²) >= 11 is 0. The van der Waals surface area contributed by atoms with Crippen LogP contribution in [0.2, 0.25) is 0 Å². The first-order chi connectivity index (χ1) is 21.1. The first kappa shape index (κ1) is 35.4. The Morgan fingerprint density at radius 2 is 1.60 bits per heavy atom. The zero-order chi connectivity index (χ0) is 33.3. The molecule has 0 radical (unpaired) electrons. The highest BCUT2D eigenvalue weighted by Gasteiger charge is 2.58. The zero-order valence-corrected chi connectivity index (χ0v) is 26.8. The summed E-state index contributed by atoms with van der Waals surface area (Å²) in [5, 5.41) is 10.1. The third-order valence-corrected chi connectivity index (χ3v) is 8.07. The molecule has 0 bridgehead atoms. The molecule has 1 aliphatic rings. The standard InChI is InChI=1S/C32H40N2O10S/c1-24(32(34(36)37)19-7-6-8-29(32)45(38,39)40)42-22-20-41-21-23-43-28-17-13-26(14-18-28)10-9-25-11-15-27(16-12-25)33(5)30(35)44-31(2,3)4/h6-19,24,29H,20-23H2,1-5H3,(H,38,39,40)/b10-9+. The number of carbonyl (C=O) groups excluding carboxylic acids is 1. The maximum Gasteiger partial charge on any atom is 0.414 e. The molecule has 0 spiro atoms. The van der Waals surface area contributed by atoms with E-state index in [0.717, 1.165) is 29.0 Å². The van der Waals surface area contributed by atoms with Crippen LogP contribution in [0.15, 0.2) is 72.8 Å². The summed E-state index contributed by atoms with van der Waals surface area (Å²) in [4.78, 5) is 24.9. The molecule has 12 nitrogen and oxygen atoms in total. The SMILES string of the molecule is CC(OCCOCCOc1ccc(/C=C/c2ccc(N(C)C(=O)OC(C)(C)C)cc2)cc1)C1([N+](=O)[O-])C=CC=CC1S(=O)(=O)O. The summed E-state index contributed by atoms with van der Waals surface area (Å²) in [5.41, 5.74) is -0.0872. The van der Waals surface area contributed by atoms with Crippen LogP contribution in [0, 0.1) is 10.1 Å². The van der Waals surface area contributed by atoms with E-state index in [1.807, 2.05) is 81.5 Å². The Morgan fingerprint density at radius 3 is 2.16 bits per heavy atom. The Balaban J connectivity index is 1.40. The van der Waals surface area contributed by atoms with Gasteiger partial charge in [-0.1, -0.05) is 54.6 Å². The zero-order valence-electron chi connectivity index (χ0n) is 26.0. The number of ether oxygens (including phenoxy) is 4. The summed E-state index contributed by atoms with van der Waals surface area (Å²) in [6, 6.07) is 15.0. The summed E-state index contributed by atoms with van der Waals surface area (Å²) in [6.45, 7) is 7.41. The first-order valence-electron chi connectivity index (χ1n) is 14.3. The molecule has 13 heteroatoms. The number of hydrogen-bond donors (Lipinski definition) is 1. The number of allylic oxidation sites excluding steroid dienone is 2. The van der Waals surface area contributed by atoms with Gasteiger partial charge in [0.15, 0.2) is 5.25 Å². The minimum Gasteiger partial charge on any atom is -0.491 e. The van der Waals surface area contributed by atoms with Gasteiger partial charge in [0.1, 0.15) is 24.1 Å². The largest absolute Gasteiger partial charge is 0.491 e. The third-order valence-electron chi connectivity index (χ3n) is 6.89. The van der Waals surface area contributed by atoms with Gasteiger partial charge < -0.3 is 18.9 Å². The molecule has 3 rings (SSSR count). The van der Waals surface area contributed by atoms with Gasteiger partial charge in [-0.15, -0.1) is 0 Å². The van der Waals surface area contributed by atoms with Crippen molar-refractivity contribution in [3.05, 3.63) is 94.1 Å². The van der Waals surface area contributed by atoms with Crippen molar-refractivity contribution < 1.29 is 41.6 Å². The minimum absolute atomic E-state index is 0.0310. The predicted molar refractivity (Wildman–Crippen MR) is 172 cm³/mol. The normalized spacial score (nSPS) is 18.9. The fraction of sp³-hybridized carbons (Fsp3) is 0.406. The van der Waals surface area contributed by atoms with Crippen LogP contribution in [0.3, 0.4) is 0 Å². The van der Waals surface area contributed by atoms with Crippen LogP contribution < -0.4 is 9.64 Å². The quantitative estimate of drug-likeness (QED) is 0.0926. The number of nitro groups is 1. The lowest BCUT2D eigenvalue weighted by Crippen LogP contribution is -2.59. The van der Waals surface area contributed by atoms with Crippen LogP contribution in [-0.2, 0) is 24.3 Å². The van der Waals surface area contributed by atoms with E-state index in [9.17, 15) is 27.9 Å². The van der Waals surface area contributed by atoms with Crippen LogP contribution in [-0.4, -0.2) is 80.0 Å². The molecule has 0 saturated carbocycles. The monoisotopic (exact) mass is 644 g/mol. The van der Waals surface area contributed by atoms with Crippen LogP contribution in [0.25, 0.3) is 12.2 Å². The van der Waals surface area contributed by atoms with Crippen molar-refractivity contribution in [2.24, 2.45) is 0 Å². The van der Waals surface area contributed by atoms with Gasteiger partial charge in [-0.3, -0.25) is 19.6 Å². The smallest absolute Gasteiger partial charge is 0.414 e. The highest BCUT2D eigenvalue weighted by Crippen LogP contribution is 2.32. The Morgan fingerprint density at radius 1 is 1.02 bits per heavy atom. The molecular weight excluding hydrogens is 604 g/mol. The van der Waals surface area contributed by atoms with Crippen LogP contribution in [0.5, 0.6) is 5.75 Å². The van der Waals surface area contributed by atoms with Gasteiger partial charge in [0.2, 0.25) is 0 Å². The van der Waals surface area contributed by atoms with Crippen molar-refractivity contribution >= 4 is 34.1 Å². The van der Waals surface area contributed by atoms with E-state index >= 15 is 0 Å². The van der Waals surface area contributed by atoms with Crippen LogP contribution in [0.4, 0.5) is 10.5 Å². The third kappa shape index (κ3) is 9.98. The van der Waals surface area contributed by atoms with Crippen molar-refractivity contribution in [1.29, 1.82) is 0 Å². The van der Waals surface area contributed by atoms with Gasteiger partial charge in [-0.05, 0) is 69.2 Å². The number of carbonyl (C=O) groups is 1. The minimum atomic E-state index is -4.75. The highest BCUT2D eigenvalue weighted by molar-refractivity contribution is 7.86. The molecule has 0 heterocycles. The maximum absolute atomic E-state index is 12.3. The second kappa shape index (κ2) is 15.3. The topological polar surface area (TPSA) is 155 Å². The van der Waals surface area contributed by atoms with Crippen molar-refractivity contribution in [1.82, 2.24) is 0 Å². The number of anilines is 1. The summed E-state index contributed by atoms with van der Waals surface area (Å²) in [6.07, 6.45) is 7.21. The van der Waals surface area contributed by atoms with E-state index in [4.69, 9.17) is 18.9 Å². The van der Waals surface area contributed by atoms with Crippen molar-refractivity contribution in [2.75, 3.05) is 38.4 Å². The number of rotatable bonds is 14. The number of benzene rings is 2. The molecule has 3 atom stereocenters. The maximum atomic E-state index is 12.3. The van der Waals surface area contributed by atoms with E-state index in [1.165, 1.54) is 24.0 Å². The van der Waals surface area contributed by atoms with Gasteiger partial charge in [0.05, 0.1) is 19.8 Å². The molecule has 45 heavy (non-hydrogen) atoms. The molecule has 244 valence electrons. The summed E-state index contributed by atoms with van der Waals surface area (Å²) in [5.74, 6) is 0.650. The lowest BCUT2D eigenvalue weighted by atomic mass is 9.86. The molecule has 1 amide bonds. The Labute approximate surface area is 263 Å². The number of hydrogen-bond acceptors (Lipinski definition) is 9. The Bertz CT molecular complexity index is 1500. The lowest BCUT2D eigenvalue weighted by Gasteiger charge is -2.33. The average Bonchev–Trinajstić information content (AvgIpc) is 2.98. The van der Waals surface area contributed by atoms with Gasteiger partial charge in [0, 0.05) is 17.7 Å². The van der Waals surface area contributed by atoms with Crippen LogP contribution >= 0.6 is 0 Å². The molecule has 2 aromatic rings. The molecule has 2 aromatic carbocycles. The van der Waals surface area contributed by atoms with E-state index in [2.05, 4.69) is 0 Å². The van der Waals surface area contributed by atoms with Gasteiger partial charge in [-0.2, -0.15) is 8.42 Å². The number of amides is 1. The fourth-order valence-electron chi connectivity index (χ4n) is 4.49. The number of nitrogens with zero attached hydrogens (tertiary/aromatic N) is 2. The van der Waals surface area contributed by atoms with Crippen molar-refractivity contribution in [3.8, 4) is 5.75 Å². The summed E-state index contributed by atoms with van der Waals surface area (Å²) in [7, 11) is -3.08. The van der Waals surface area contributed by atoms with E-state index < -0.39 is 43.6 Å². The Hall–Kier alpha value is -4.04. The van der Waals surface area contributed by atoms with Crippen molar-refractivity contribution in [2.45, 2.75) is 50.2 Å². The lowest BCUT2D eigenvalue weighted by molar-refractivity contribution is -0.566. The average molecular weight is 645 g/mol. The molecule has 3 unspecified atom stereocenters.